The van der Waals surface area contributed by atoms with Crippen LogP contribution >= 0.6 is 11.3 Å². The average molecular weight is 287 g/mol. The van der Waals surface area contributed by atoms with Gasteiger partial charge in [0.15, 0.2) is 0 Å². The lowest BCUT2D eigenvalue weighted by molar-refractivity contribution is 0.244. The topological polar surface area (TPSA) is 28.2 Å². The fourth-order valence-corrected chi connectivity index (χ4v) is 3.50. The summed E-state index contributed by atoms with van der Waals surface area (Å²) in [6.07, 6.45) is 4.23. The molecule has 0 aliphatic carbocycles. The number of hydrogen-bond donors (Lipinski definition) is 1. The number of nitrogens with one attached hydrogen (secondary N) is 1. The molecule has 106 valence electrons. The third-order valence-electron chi connectivity index (χ3n) is 3.67. The van der Waals surface area contributed by atoms with Gasteiger partial charge in [-0.3, -0.25) is 9.88 Å². The predicted octanol–water partition coefficient (Wildman–Crippen LogP) is 3.52. The maximum atomic E-state index is 4.51. The molecule has 2 aromatic heterocycles. The summed E-state index contributed by atoms with van der Waals surface area (Å²) in [5, 5.41) is 5.64. The van der Waals surface area contributed by atoms with E-state index >= 15 is 0 Å². The second-order valence-corrected chi connectivity index (χ2v) is 6.29. The van der Waals surface area contributed by atoms with Crippen LogP contribution in [0.15, 0.2) is 29.8 Å². The van der Waals surface area contributed by atoms with Gasteiger partial charge in [-0.1, -0.05) is 6.92 Å². The van der Waals surface area contributed by atoms with Crippen molar-refractivity contribution in [1.29, 1.82) is 0 Å². The fraction of sp³-hybridized carbons (Fsp3) is 0.438. The minimum atomic E-state index is 0.941. The van der Waals surface area contributed by atoms with Crippen molar-refractivity contribution in [3.8, 4) is 0 Å². The Bertz CT molecular complexity index is 564. The molecule has 2 aromatic rings. The molecule has 0 fully saturated rings. The average Bonchev–Trinajstić information content (AvgIpc) is 2.93. The van der Waals surface area contributed by atoms with Gasteiger partial charge in [-0.15, -0.1) is 11.3 Å². The lowest BCUT2D eigenvalue weighted by Gasteiger charge is -2.26. The molecule has 3 heterocycles. The van der Waals surface area contributed by atoms with E-state index in [2.05, 4.69) is 39.6 Å². The van der Waals surface area contributed by atoms with Crippen LogP contribution in [0, 0.1) is 0 Å². The van der Waals surface area contributed by atoms with E-state index in [9.17, 15) is 0 Å². The first-order valence-electron chi connectivity index (χ1n) is 7.31. The Labute approximate surface area is 124 Å². The van der Waals surface area contributed by atoms with Gasteiger partial charge in [-0.2, -0.15) is 0 Å². The van der Waals surface area contributed by atoms with Gasteiger partial charge in [0.05, 0.1) is 5.69 Å². The SMILES string of the molecule is CCCNc1ccnc(CN2CCc3sccc3C2)c1. The lowest BCUT2D eigenvalue weighted by Crippen LogP contribution is -2.29. The van der Waals surface area contributed by atoms with E-state index in [1.807, 2.05) is 23.6 Å². The summed E-state index contributed by atoms with van der Waals surface area (Å²) in [5.41, 5.74) is 3.84. The summed E-state index contributed by atoms with van der Waals surface area (Å²) >= 11 is 1.89. The van der Waals surface area contributed by atoms with Crippen LogP contribution in [0.3, 0.4) is 0 Å². The lowest BCUT2D eigenvalue weighted by atomic mass is 10.1. The van der Waals surface area contributed by atoms with E-state index in [4.69, 9.17) is 0 Å². The Morgan fingerprint density at radius 1 is 1.40 bits per heavy atom. The Hall–Kier alpha value is -1.39. The molecular weight excluding hydrogens is 266 g/mol. The van der Waals surface area contributed by atoms with E-state index in [-0.39, 0.29) is 0 Å². The molecule has 0 saturated carbocycles. The van der Waals surface area contributed by atoms with Crippen molar-refractivity contribution >= 4 is 17.0 Å². The summed E-state index contributed by atoms with van der Waals surface area (Å²) in [5.74, 6) is 0. The van der Waals surface area contributed by atoms with E-state index in [0.717, 1.165) is 38.3 Å². The summed E-state index contributed by atoms with van der Waals surface area (Å²) in [6, 6.07) is 6.49. The molecule has 0 atom stereocenters. The highest BCUT2D eigenvalue weighted by atomic mass is 32.1. The van der Waals surface area contributed by atoms with Crippen molar-refractivity contribution in [3.05, 3.63) is 45.9 Å². The van der Waals surface area contributed by atoms with Gasteiger partial charge in [-0.05, 0) is 42.0 Å². The Balaban J connectivity index is 1.63. The molecule has 0 aromatic carbocycles. The number of nitrogens with zero attached hydrogens (tertiary/aromatic N) is 2. The van der Waals surface area contributed by atoms with Gasteiger partial charge in [0.25, 0.3) is 0 Å². The summed E-state index contributed by atoms with van der Waals surface area (Å²) in [7, 11) is 0. The first-order valence-corrected chi connectivity index (χ1v) is 8.19. The van der Waals surface area contributed by atoms with Gasteiger partial charge in [-0.25, -0.2) is 0 Å². The Morgan fingerprint density at radius 2 is 2.35 bits per heavy atom. The summed E-state index contributed by atoms with van der Waals surface area (Å²) in [4.78, 5) is 8.56. The second kappa shape index (κ2) is 6.37. The molecule has 0 radical (unpaired) electrons. The number of thiophene rings is 1. The molecule has 0 saturated heterocycles. The largest absolute Gasteiger partial charge is 0.385 e. The maximum absolute atomic E-state index is 4.51. The Morgan fingerprint density at radius 3 is 3.25 bits per heavy atom. The number of aromatic nitrogens is 1. The van der Waals surface area contributed by atoms with Crippen LogP contribution in [0.5, 0.6) is 0 Å². The predicted molar refractivity (Wildman–Crippen MR) is 85.2 cm³/mol. The highest BCUT2D eigenvalue weighted by molar-refractivity contribution is 7.10. The molecule has 1 N–H and O–H groups in total. The maximum Gasteiger partial charge on any atom is 0.0564 e. The summed E-state index contributed by atoms with van der Waals surface area (Å²) in [6.45, 7) is 6.35. The first-order chi connectivity index (χ1) is 9.85. The van der Waals surface area contributed by atoms with Crippen LogP contribution in [0.1, 0.15) is 29.5 Å². The van der Waals surface area contributed by atoms with Crippen LogP contribution in [-0.2, 0) is 19.5 Å². The molecule has 1 aliphatic rings. The number of anilines is 1. The van der Waals surface area contributed by atoms with Crippen LogP contribution in [0.25, 0.3) is 0 Å². The molecule has 1 aliphatic heterocycles. The molecule has 0 unspecified atom stereocenters. The fourth-order valence-electron chi connectivity index (χ4n) is 2.61. The van der Waals surface area contributed by atoms with Gasteiger partial charge in [0.2, 0.25) is 0 Å². The molecule has 3 rings (SSSR count). The zero-order valence-electron chi connectivity index (χ0n) is 11.9. The van der Waals surface area contributed by atoms with Crippen molar-refractivity contribution in [3.63, 3.8) is 0 Å². The molecule has 0 amide bonds. The van der Waals surface area contributed by atoms with Crippen LogP contribution in [-0.4, -0.2) is 23.0 Å². The molecule has 20 heavy (non-hydrogen) atoms. The zero-order chi connectivity index (χ0) is 13.8. The molecule has 0 spiro atoms. The monoisotopic (exact) mass is 287 g/mol. The smallest absolute Gasteiger partial charge is 0.0564 e. The Kier molecular flexibility index (Phi) is 4.33. The van der Waals surface area contributed by atoms with Crippen molar-refractivity contribution in [2.75, 3.05) is 18.4 Å². The minimum Gasteiger partial charge on any atom is -0.385 e. The highest BCUT2D eigenvalue weighted by Gasteiger charge is 2.17. The highest BCUT2D eigenvalue weighted by Crippen LogP contribution is 2.25. The number of fused-ring (bicyclic) bond motifs is 1. The first kappa shape index (κ1) is 13.6. The minimum absolute atomic E-state index is 0.941. The third-order valence-corrected chi connectivity index (χ3v) is 4.69. The standard InChI is InChI=1S/C16H21N3S/c1-2-6-17-14-3-7-18-15(10-14)12-19-8-4-16-13(11-19)5-9-20-16/h3,5,7,9-10H,2,4,6,8,11-12H2,1H3,(H,17,18). The van der Waals surface area contributed by atoms with Crippen LogP contribution in [0.2, 0.25) is 0 Å². The van der Waals surface area contributed by atoms with Crippen LogP contribution < -0.4 is 5.32 Å². The van der Waals surface area contributed by atoms with Crippen LogP contribution in [0.4, 0.5) is 5.69 Å². The molecule has 4 heteroatoms. The third kappa shape index (κ3) is 3.19. The van der Waals surface area contributed by atoms with Crippen molar-refractivity contribution < 1.29 is 0 Å². The zero-order valence-corrected chi connectivity index (χ0v) is 12.7. The van der Waals surface area contributed by atoms with Crippen molar-refractivity contribution in [2.45, 2.75) is 32.9 Å². The molecule has 3 nitrogen and oxygen atoms in total. The van der Waals surface area contributed by atoms with Crippen molar-refractivity contribution in [2.24, 2.45) is 0 Å². The number of pyridine rings is 1. The normalized spacial score (nSPS) is 15.1. The van der Waals surface area contributed by atoms with E-state index in [1.54, 1.807) is 4.88 Å². The summed E-state index contributed by atoms with van der Waals surface area (Å²) < 4.78 is 0. The van der Waals surface area contributed by atoms with E-state index in [1.165, 1.54) is 17.7 Å². The van der Waals surface area contributed by atoms with Gasteiger partial charge in [0, 0.05) is 42.9 Å². The number of rotatable bonds is 5. The molecule has 0 bridgehead atoms. The van der Waals surface area contributed by atoms with Crippen molar-refractivity contribution in [1.82, 2.24) is 9.88 Å². The van der Waals surface area contributed by atoms with E-state index < -0.39 is 0 Å². The van der Waals surface area contributed by atoms with Gasteiger partial charge < -0.3 is 5.32 Å². The number of hydrogen-bond acceptors (Lipinski definition) is 4. The molecular formula is C16H21N3S. The van der Waals surface area contributed by atoms with Gasteiger partial charge in [0.1, 0.15) is 0 Å². The van der Waals surface area contributed by atoms with Gasteiger partial charge >= 0.3 is 0 Å². The van der Waals surface area contributed by atoms with E-state index in [0.29, 0.717) is 0 Å². The quantitative estimate of drug-likeness (QED) is 0.912. The second-order valence-electron chi connectivity index (χ2n) is 5.29.